The van der Waals surface area contributed by atoms with Gasteiger partial charge >= 0.3 is 0 Å². The van der Waals surface area contributed by atoms with Gasteiger partial charge in [0.2, 0.25) is 5.91 Å². The molecular formula is C20H28F2N4O3. The van der Waals surface area contributed by atoms with Gasteiger partial charge in [-0.1, -0.05) is 6.42 Å². The third-order valence-corrected chi connectivity index (χ3v) is 5.64. The number of rotatable bonds is 8. The Balaban J connectivity index is 1.73. The van der Waals surface area contributed by atoms with Crippen LogP contribution in [0.15, 0.2) is 18.2 Å². The van der Waals surface area contributed by atoms with E-state index in [4.69, 9.17) is 10.5 Å². The quantitative estimate of drug-likeness (QED) is 0.684. The van der Waals surface area contributed by atoms with Crippen molar-refractivity contribution in [2.45, 2.75) is 31.7 Å². The lowest BCUT2D eigenvalue weighted by Gasteiger charge is -2.33. The van der Waals surface area contributed by atoms with Crippen LogP contribution in [0.1, 0.15) is 31.3 Å². The van der Waals surface area contributed by atoms with Crippen molar-refractivity contribution in [1.82, 2.24) is 4.90 Å². The molecule has 3 N–H and O–H groups in total. The molecule has 2 amide bonds. The average Bonchev–Trinajstić information content (AvgIpc) is 2.66. The SMILES string of the molecule is CN(CC1CCC1)[C@@H](CN)C(=O)Nc1ccc(N2CCOCC2=O)c(C(F)F)c1. The number of halogens is 2. The van der Waals surface area contributed by atoms with Crippen molar-refractivity contribution < 1.29 is 23.1 Å². The summed E-state index contributed by atoms with van der Waals surface area (Å²) in [6.07, 6.45) is 0.738. The van der Waals surface area contributed by atoms with Gasteiger partial charge in [0, 0.05) is 30.9 Å². The van der Waals surface area contributed by atoms with Crippen LogP contribution in [0.4, 0.5) is 20.2 Å². The third kappa shape index (κ3) is 5.09. The smallest absolute Gasteiger partial charge is 0.265 e. The molecule has 0 radical (unpaired) electrons. The number of carbonyl (C=O) groups is 2. The second kappa shape index (κ2) is 9.60. The van der Waals surface area contributed by atoms with Crippen LogP contribution in [0.25, 0.3) is 0 Å². The molecule has 1 saturated heterocycles. The monoisotopic (exact) mass is 410 g/mol. The zero-order chi connectivity index (χ0) is 21.0. The summed E-state index contributed by atoms with van der Waals surface area (Å²) in [6, 6.07) is 3.66. The van der Waals surface area contributed by atoms with E-state index in [0.717, 1.165) is 19.4 Å². The number of hydrogen-bond acceptors (Lipinski definition) is 5. The van der Waals surface area contributed by atoms with Crippen molar-refractivity contribution >= 4 is 23.2 Å². The number of morpholine rings is 1. The molecule has 0 bridgehead atoms. The fourth-order valence-corrected chi connectivity index (χ4v) is 3.75. The summed E-state index contributed by atoms with van der Waals surface area (Å²) in [6.45, 7) is 1.29. The summed E-state index contributed by atoms with van der Waals surface area (Å²) in [5.74, 6) is -0.113. The van der Waals surface area contributed by atoms with Crippen LogP contribution in [-0.4, -0.2) is 62.7 Å². The molecule has 1 atom stereocenters. The highest BCUT2D eigenvalue weighted by molar-refractivity contribution is 5.97. The van der Waals surface area contributed by atoms with Crippen molar-refractivity contribution in [3.63, 3.8) is 0 Å². The molecule has 7 nitrogen and oxygen atoms in total. The maximum atomic E-state index is 13.7. The lowest BCUT2D eigenvalue weighted by Crippen LogP contribution is -2.49. The Kier molecular flexibility index (Phi) is 7.15. The zero-order valence-electron chi connectivity index (χ0n) is 16.6. The first-order chi connectivity index (χ1) is 13.9. The lowest BCUT2D eigenvalue weighted by atomic mass is 9.85. The molecule has 1 aromatic carbocycles. The van der Waals surface area contributed by atoms with E-state index >= 15 is 0 Å². The summed E-state index contributed by atoms with van der Waals surface area (Å²) in [4.78, 5) is 27.9. The number of amides is 2. The first-order valence-corrected chi connectivity index (χ1v) is 9.92. The fraction of sp³-hybridized carbons (Fsp3) is 0.600. The number of likely N-dealkylation sites (N-methyl/N-ethyl adjacent to an activating group) is 1. The van der Waals surface area contributed by atoms with Gasteiger partial charge in [0.15, 0.2) is 0 Å². The van der Waals surface area contributed by atoms with E-state index in [1.54, 1.807) is 0 Å². The number of nitrogens with one attached hydrogen (secondary N) is 1. The Morgan fingerprint density at radius 1 is 1.41 bits per heavy atom. The number of nitrogens with two attached hydrogens (primary N) is 1. The van der Waals surface area contributed by atoms with Gasteiger partial charge in [-0.3, -0.25) is 14.5 Å². The minimum absolute atomic E-state index is 0.132. The number of carbonyl (C=O) groups excluding carboxylic acids is 2. The van der Waals surface area contributed by atoms with E-state index in [0.29, 0.717) is 12.5 Å². The molecule has 3 rings (SSSR count). The van der Waals surface area contributed by atoms with Gasteiger partial charge < -0.3 is 20.7 Å². The molecule has 0 aromatic heterocycles. The average molecular weight is 410 g/mol. The van der Waals surface area contributed by atoms with Gasteiger partial charge in [-0.05, 0) is 44.0 Å². The summed E-state index contributed by atoms with van der Waals surface area (Å²) in [5.41, 5.74) is 5.90. The fourth-order valence-electron chi connectivity index (χ4n) is 3.75. The van der Waals surface area contributed by atoms with E-state index < -0.39 is 12.5 Å². The molecule has 2 fully saturated rings. The van der Waals surface area contributed by atoms with Crippen LogP contribution in [0, 0.1) is 5.92 Å². The Morgan fingerprint density at radius 2 is 2.17 bits per heavy atom. The molecule has 29 heavy (non-hydrogen) atoms. The van der Waals surface area contributed by atoms with Gasteiger partial charge in [0.05, 0.1) is 12.3 Å². The van der Waals surface area contributed by atoms with Crippen LogP contribution < -0.4 is 16.0 Å². The summed E-state index contributed by atoms with van der Waals surface area (Å²) in [7, 11) is 1.85. The number of benzene rings is 1. The summed E-state index contributed by atoms with van der Waals surface area (Å²) < 4.78 is 32.4. The lowest BCUT2D eigenvalue weighted by molar-refractivity contribution is -0.125. The topological polar surface area (TPSA) is 87.9 Å². The Hall–Kier alpha value is -2.10. The molecule has 1 saturated carbocycles. The van der Waals surface area contributed by atoms with E-state index in [1.165, 1.54) is 29.5 Å². The largest absolute Gasteiger partial charge is 0.370 e. The Morgan fingerprint density at radius 3 is 2.76 bits per heavy atom. The number of anilines is 2. The maximum absolute atomic E-state index is 13.7. The van der Waals surface area contributed by atoms with Crippen LogP contribution in [0.2, 0.25) is 0 Å². The van der Waals surface area contributed by atoms with Crippen molar-refractivity contribution in [2.24, 2.45) is 11.7 Å². The Labute approximate surface area is 169 Å². The molecule has 0 unspecified atom stereocenters. The number of hydrogen-bond donors (Lipinski definition) is 2. The number of ether oxygens (including phenoxy) is 1. The third-order valence-electron chi connectivity index (χ3n) is 5.64. The van der Waals surface area contributed by atoms with Crippen molar-refractivity contribution in [2.75, 3.05) is 50.1 Å². The van der Waals surface area contributed by atoms with E-state index in [9.17, 15) is 18.4 Å². The van der Waals surface area contributed by atoms with E-state index in [2.05, 4.69) is 5.32 Å². The van der Waals surface area contributed by atoms with Crippen LogP contribution in [0.3, 0.4) is 0 Å². The molecule has 1 aliphatic carbocycles. The van der Waals surface area contributed by atoms with Crippen LogP contribution >= 0.6 is 0 Å². The predicted molar refractivity (Wildman–Crippen MR) is 106 cm³/mol. The van der Waals surface area contributed by atoms with Crippen LogP contribution in [0.5, 0.6) is 0 Å². The number of nitrogens with zero attached hydrogens (tertiary/aromatic N) is 2. The Bertz CT molecular complexity index is 742. The van der Waals surface area contributed by atoms with Crippen LogP contribution in [-0.2, 0) is 14.3 Å². The van der Waals surface area contributed by atoms with E-state index in [-0.39, 0.29) is 48.4 Å². The maximum Gasteiger partial charge on any atom is 0.265 e. The van der Waals surface area contributed by atoms with Gasteiger partial charge in [0.25, 0.3) is 12.3 Å². The second-order valence-corrected chi connectivity index (χ2v) is 7.65. The molecule has 1 aromatic rings. The highest BCUT2D eigenvalue weighted by Crippen LogP contribution is 2.33. The van der Waals surface area contributed by atoms with Crippen molar-refractivity contribution in [3.8, 4) is 0 Å². The first kappa shape index (κ1) is 21.6. The minimum atomic E-state index is -2.79. The van der Waals surface area contributed by atoms with Gasteiger partial charge in [-0.15, -0.1) is 0 Å². The molecule has 9 heteroatoms. The van der Waals surface area contributed by atoms with Crippen molar-refractivity contribution in [1.29, 1.82) is 0 Å². The van der Waals surface area contributed by atoms with Gasteiger partial charge in [-0.25, -0.2) is 8.78 Å². The summed E-state index contributed by atoms with van der Waals surface area (Å²) >= 11 is 0. The predicted octanol–water partition coefficient (Wildman–Crippen LogP) is 1.99. The number of alkyl halides is 2. The molecule has 0 spiro atoms. The van der Waals surface area contributed by atoms with E-state index in [1.807, 2.05) is 11.9 Å². The minimum Gasteiger partial charge on any atom is -0.370 e. The molecular weight excluding hydrogens is 382 g/mol. The molecule has 2 aliphatic rings. The molecule has 1 aliphatic heterocycles. The normalized spacial score (nSPS) is 18.8. The van der Waals surface area contributed by atoms with Crippen molar-refractivity contribution in [3.05, 3.63) is 23.8 Å². The summed E-state index contributed by atoms with van der Waals surface area (Å²) in [5, 5.41) is 2.70. The second-order valence-electron chi connectivity index (χ2n) is 7.65. The van der Waals surface area contributed by atoms with Gasteiger partial charge in [0.1, 0.15) is 12.6 Å². The zero-order valence-corrected chi connectivity index (χ0v) is 16.6. The molecule has 160 valence electrons. The first-order valence-electron chi connectivity index (χ1n) is 9.92. The molecule has 1 heterocycles. The highest BCUT2D eigenvalue weighted by atomic mass is 19.3. The highest BCUT2D eigenvalue weighted by Gasteiger charge is 2.28. The standard InChI is InChI=1S/C20H28F2N4O3/c1-25(11-13-3-2-4-13)17(10-23)20(28)24-14-5-6-16(15(9-14)19(21)22)26-7-8-29-12-18(26)27/h5-6,9,13,17,19H,2-4,7-8,10-12,23H2,1H3,(H,24,28)/t17-/m0/s1. The van der Waals surface area contributed by atoms with Gasteiger partial charge in [-0.2, -0.15) is 0 Å².